The number of carbonyl (C=O) groups excluding carboxylic acids is 1. The summed E-state index contributed by atoms with van der Waals surface area (Å²) in [6, 6.07) is 10.1. The van der Waals surface area contributed by atoms with Crippen molar-refractivity contribution in [1.29, 1.82) is 0 Å². The first-order chi connectivity index (χ1) is 10.1. The van der Waals surface area contributed by atoms with E-state index >= 15 is 0 Å². The Morgan fingerprint density at radius 2 is 1.86 bits per heavy atom. The van der Waals surface area contributed by atoms with Crippen molar-refractivity contribution in [3.05, 3.63) is 47.0 Å². The van der Waals surface area contributed by atoms with E-state index in [2.05, 4.69) is 32.0 Å². The van der Waals surface area contributed by atoms with Crippen LogP contribution in [-0.4, -0.2) is 24.8 Å². The van der Waals surface area contributed by atoms with Crippen LogP contribution in [0.1, 0.15) is 47.7 Å². The third-order valence-electron chi connectivity index (χ3n) is 3.81. The van der Waals surface area contributed by atoms with Crippen LogP contribution in [0.3, 0.4) is 0 Å². The van der Waals surface area contributed by atoms with Crippen molar-refractivity contribution < 1.29 is 14.6 Å². The number of aliphatic hydroxyl groups is 1. The smallest absolute Gasteiger partial charge is 0.338 e. The van der Waals surface area contributed by atoms with Gasteiger partial charge in [0.1, 0.15) is 0 Å². The summed E-state index contributed by atoms with van der Waals surface area (Å²) in [7, 11) is 1.40. The molecule has 0 heterocycles. The van der Waals surface area contributed by atoms with Crippen LogP contribution < -0.4 is 0 Å². The first kappa shape index (κ1) is 15.5. The Morgan fingerprint density at radius 1 is 1.19 bits per heavy atom. The molecule has 0 radical (unpaired) electrons. The Bertz CT molecular complexity index is 602. The number of rotatable bonds is 5. The number of aliphatic hydroxyl groups excluding tert-OH is 1. The van der Waals surface area contributed by atoms with Crippen LogP contribution in [-0.2, 0) is 11.2 Å². The zero-order valence-electron chi connectivity index (χ0n) is 12.8. The first-order valence-corrected chi connectivity index (χ1v) is 7.33. The maximum atomic E-state index is 12.0. The zero-order valence-corrected chi connectivity index (χ0v) is 12.8. The normalized spacial score (nSPS) is 11.1. The molecule has 0 spiro atoms. The topological polar surface area (TPSA) is 46.5 Å². The summed E-state index contributed by atoms with van der Waals surface area (Å²) in [5.74, 6) is 0.122. The van der Waals surface area contributed by atoms with Crippen LogP contribution in [0.25, 0.3) is 11.1 Å². The lowest BCUT2D eigenvalue weighted by atomic mass is 10.1. The number of hydrogen-bond acceptors (Lipinski definition) is 3. The van der Waals surface area contributed by atoms with Crippen LogP contribution >= 0.6 is 0 Å². The molecular weight excluding hydrogens is 264 g/mol. The Hall–Kier alpha value is -1.87. The van der Waals surface area contributed by atoms with Gasteiger partial charge in [0.05, 0.1) is 12.7 Å². The average molecular weight is 286 g/mol. The number of aryl methyl sites for hydroxylation is 1. The van der Waals surface area contributed by atoms with Crippen LogP contribution in [0, 0.1) is 0 Å². The number of ether oxygens (including phenoxy) is 1. The standard InChI is InChI=1S/C18H22O3/c1-12(2)13-6-8-15-14(5-4-10-19)11-17(18(20)21-3)16(15)9-7-13/h6-9,11-12,19H,4-5,10H2,1-3H3. The van der Waals surface area contributed by atoms with Crippen molar-refractivity contribution in [2.45, 2.75) is 32.6 Å². The van der Waals surface area contributed by atoms with Gasteiger partial charge >= 0.3 is 5.97 Å². The fraction of sp³-hybridized carbons (Fsp3) is 0.389. The molecule has 21 heavy (non-hydrogen) atoms. The third kappa shape index (κ3) is 3.24. The number of carbonyl (C=O) groups is 1. The summed E-state index contributed by atoms with van der Waals surface area (Å²) < 4.78 is 4.88. The van der Waals surface area contributed by atoms with Gasteiger partial charge in [-0.1, -0.05) is 38.1 Å². The molecule has 2 aliphatic carbocycles. The summed E-state index contributed by atoms with van der Waals surface area (Å²) in [5.41, 5.74) is 4.91. The number of fused-ring (bicyclic) bond motifs is 1. The van der Waals surface area contributed by atoms with Crippen molar-refractivity contribution in [3.8, 4) is 11.1 Å². The Labute approximate surface area is 125 Å². The van der Waals surface area contributed by atoms with Gasteiger partial charge in [-0.25, -0.2) is 4.79 Å². The molecule has 0 aromatic rings. The Morgan fingerprint density at radius 3 is 2.43 bits per heavy atom. The summed E-state index contributed by atoms with van der Waals surface area (Å²) in [5, 5.41) is 9.04. The molecule has 0 aromatic heterocycles. The van der Waals surface area contributed by atoms with Crippen LogP contribution in [0.4, 0.5) is 0 Å². The summed E-state index contributed by atoms with van der Waals surface area (Å²) in [4.78, 5) is 12.0. The number of methoxy groups -OCH3 is 1. The van der Waals surface area contributed by atoms with Gasteiger partial charge in [-0.15, -0.1) is 0 Å². The van der Waals surface area contributed by atoms with Crippen molar-refractivity contribution in [3.63, 3.8) is 0 Å². The van der Waals surface area contributed by atoms with E-state index in [0.717, 1.165) is 23.1 Å². The fourth-order valence-corrected chi connectivity index (χ4v) is 2.58. The molecule has 3 nitrogen and oxygen atoms in total. The second kappa shape index (κ2) is 6.72. The summed E-state index contributed by atoms with van der Waals surface area (Å²) in [6.45, 7) is 4.44. The van der Waals surface area contributed by atoms with E-state index in [9.17, 15) is 4.79 Å². The minimum absolute atomic E-state index is 0.149. The largest absolute Gasteiger partial charge is 0.465 e. The van der Waals surface area contributed by atoms with Gasteiger partial charge in [0.25, 0.3) is 0 Å². The molecular formula is C18H22O3. The molecule has 0 amide bonds. The number of hydrogen-bond donors (Lipinski definition) is 1. The van der Waals surface area contributed by atoms with Gasteiger partial charge in [0.15, 0.2) is 0 Å². The Balaban J connectivity index is 2.56. The molecule has 3 heteroatoms. The molecule has 0 atom stereocenters. The van der Waals surface area contributed by atoms with E-state index in [1.165, 1.54) is 12.7 Å². The molecule has 0 saturated heterocycles. The average Bonchev–Trinajstić information content (AvgIpc) is 2.67. The van der Waals surface area contributed by atoms with Crippen LogP contribution in [0.15, 0.2) is 30.3 Å². The van der Waals surface area contributed by atoms with Crippen molar-refractivity contribution in [2.75, 3.05) is 13.7 Å². The van der Waals surface area contributed by atoms with Gasteiger partial charge in [0.2, 0.25) is 0 Å². The van der Waals surface area contributed by atoms with Crippen LogP contribution in [0.5, 0.6) is 0 Å². The highest BCUT2D eigenvalue weighted by molar-refractivity contribution is 6.00. The molecule has 1 N–H and O–H groups in total. The molecule has 0 saturated carbocycles. The monoisotopic (exact) mass is 286 g/mol. The minimum atomic E-state index is -0.312. The quantitative estimate of drug-likeness (QED) is 0.854. The molecule has 2 rings (SSSR count). The highest BCUT2D eigenvalue weighted by Crippen LogP contribution is 2.34. The zero-order chi connectivity index (χ0) is 15.4. The van der Waals surface area contributed by atoms with E-state index in [1.54, 1.807) is 0 Å². The first-order valence-electron chi connectivity index (χ1n) is 7.33. The fourth-order valence-electron chi connectivity index (χ4n) is 2.58. The number of esters is 1. The van der Waals surface area contributed by atoms with Crippen molar-refractivity contribution in [2.24, 2.45) is 0 Å². The predicted octanol–water partition coefficient (Wildman–Crippen LogP) is 3.63. The highest BCUT2D eigenvalue weighted by atomic mass is 16.5. The van der Waals surface area contributed by atoms with Gasteiger partial charge < -0.3 is 9.84 Å². The molecule has 0 aromatic carbocycles. The maximum Gasteiger partial charge on any atom is 0.338 e. The highest BCUT2D eigenvalue weighted by Gasteiger charge is 2.20. The van der Waals surface area contributed by atoms with Crippen LogP contribution in [0.2, 0.25) is 0 Å². The van der Waals surface area contributed by atoms with E-state index in [-0.39, 0.29) is 12.6 Å². The van der Waals surface area contributed by atoms with E-state index in [1.807, 2.05) is 12.1 Å². The lowest BCUT2D eigenvalue weighted by Gasteiger charge is -2.00. The molecule has 112 valence electrons. The van der Waals surface area contributed by atoms with Gasteiger partial charge in [-0.05, 0) is 47.1 Å². The van der Waals surface area contributed by atoms with E-state index < -0.39 is 0 Å². The summed E-state index contributed by atoms with van der Waals surface area (Å²) >= 11 is 0. The second-order valence-electron chi connectivity index (χ2n) is 5.55. The molecule has 2 aliphatic rings. The van der Waals surface area contributed by atoms with Crippen molar-refractivity contribution in [1.82, 2.24) is 0 Å². The summed E-state index contributed by atoms with van der Waals surface area (Å²) in [6.07, 6.45) is 1.44. The van der Waals surface area contributed by atoms with E-state index in [4.69, 9.17) is 9.84 Å². The maximum absolute atomic E-state index is 12.0. The second-order valence-corrected chi connectivity index (χ2v) is 5.55. The van der Waals surface area contributed by atoms with Gasteiger partial charge in [-0.3, -0.25) is 0 Å². The lowest BCUT2D eigenvalue weighted by molar-refractivity contribution is 0.0602. The molecule has 0 aliphatic heterocycles. The Kier molecular flexibility index (Phi) is 4.97. The van der Waals surface area contributed by atoms with Gasteiger partial charge in [-0.2, -0.15) is 0 Å². The van der Waals surface area contributed by atoms with Crippen molar-refractivity contribution >= 4 is 5.97 Å². The van der Waals surface area contributed by atoms with Gasteiger partial charge in [0, 0.05) is 6.61 Å². The minimum Gasteiger partial charge on any atom is -0.465 e. The molecule has 0 unspecified atom stereocenters. The molecule has 0 bridgehead atoms. The third-order valence-corrected chi connectivity index (χ3v) is 3.81. The SMILES string of the molecule is COC(=O)c1cc(CCCO)c2ccc(C(C)C)ccc1-2. The predicted molar refractivity (Wildman–Crippen MR) is 83.9 cm³/mol. The molecule has 0 fully saturated rings. The van der Waals surface area contributed by atoms with E-state index in [0.29, 0.717) is 17.9 Å². The lowest BCUT2D eigenvalue weighted by Crippen LogP contribution is -2.00.